The van der Waals surface area contributed by atoms with Gasteiger partial charge in [0.05, 0.1) is 16.6 Å². The fourth-order valence-corrected chi connectivity index (χ4v) is 2.56. The number of aryl methyl sites for hydroxylation is 1. The molecule has 0 spiro atoms. The summed E-state index contributed by atoms with van der Waals surface area (Å²) in [6.07, 6.45) is 0. The van der Waals surface area contributed by atoms with Crippen LogP contribution in [-0.2, 0) is 11.8 Å². The van der Waals surface area contributed by atoms with E-state index in [0.29, 0.717) is 17.3 Å². The normalized spacial score (nSPS) is 22.8. The van der Waals surface area contributed by atoms with Gasteiger partial charge in [-0.15, -0.1) is 0 Å². The summed E-state index contributed by atoms with van der Waals surface area (Å²) in [5, 5.41) is 13.5. The lowest BCUT2D eigenvalue weighted by molar-refractivity contribution is -0.142. The molecule has 1 amide bonds. The van der Waals surface area contributed by atoms with Gasteiger partial charge in [-0.1, -0.05) is 18.5 Å². The van der Waals surface area contributed by atoms with Gasteiger partial charge in [-0.25, -0.2) is 0 Å². The van der Waals surface area contributed by atoms with Crippen LogP contribution in [0.4, 0.5) is 0 Å². The Labute approximate surface area is 115 Å². The van der Waals surface area contributed by atoms with Crippen molar-refractivity contribution in [3.05, 3.63) is 16.4 Å². The van der Waals surface area contributed by atoms with Crippen LogP contribution in [-0.4, -0.2) is 44.8 Å². The third kappa shape index (κ3) is 2.32. The maximum atomic E-state index is 12.3. The molecule has 1 fully saturated rings. The van der Waals surface area contributed by atoms with Gasteiger partial charge < -0.3 is 10.0 Å². The molecule has 19 heavy (non-hydrogen) atoms. The van der Waals surface area contributed by atoms with Crippen LogP contribution in [0.5, 0.6) is 0 Å². The summed E-state index contributed by atoms with van der Waals surface area (Å²) in [7, 11) is 1.71. The molecule has 0 radical (unpaired) electrons. The van der Waals surface area contributed by atoms with Crippen molar-refractivity contribution in [2.45, 2.75) is 13.8 Å². The quantitative estimate of drug-likeness (QED) is 0.885. The molecule has 0 aliphatic carbocycles. The van der Waals surface area contributed by atoms with E-state index >= 15 is 0 Å². The predicted molar refractivity (Wildman–Crippen MR) is 69.1 cm³/mol. The maximum Gasteiger partial charge on any atom is 0.308 e. The molecule has 1 aliphatic heterocycles. The number of carboxylic acids is 1. The van der Waals surface area contributed by atoms with Crippen molar-refractivity contribution in [3.63, 3.8) is 0 Å². The molecule has 1 aromatic heterocycles. The molecule has 1 N–H and O–H groups in total. The summed E-state index contributed by atoms with van der Waals surface area (Å²) in [4.78, 5) is 24.9. The summed E-state index contributed by atoms with van der Waals surface area (Å²) in [5.41, 5.74) is 0.909. The monoisotopic (exact) mass is 285 g/mol. The zero-order chi connectivity index (χ0) is 14.3. The Hall–Kier alpha value is -1.56. The molecule has 0 aromatic carbocycles. The third-order valence-corrected chi connectivity index (χ3v) is 4.13. The number of carboxylic acid groups (broad SMARTS) is 1. The number of carbonyl (C=O) groups is 2. The number of amides is 1. The fourth-order valence-electron chi connectivity index (χ4n) is 2.32. The van der Waals surface area contributed by atoms with E-state index in [1.54, 1.807) is 18.7 Å². The van der Waals surface area contributed by atoms with E-state index < -0.39 is 11.9 Å². The van der Waals surface area contributed by atoms with Crippen LogP contribution < -0.4 is 0 Å². The predicted octanol–water partition coefficient (Wildman–Crippen LogP) is 1.17. The van der Waals surface area contributed by atoms with Gasteiger partial charge in [0.2, 0.25) is 0 Å². The topological polar surface area (TPSA) is 75.4 Å². The first-order chi connectivity index (χ1) is 8.82. The average molecular weight is 286 g/mol. The molecule has 1 saturated heterocycles. The van der Waals surface area contributed by atoms with Crippen LogP contribution in [0.3, 0.4) is 0 Å². The lowest BCUT2D eigenvalue weighted by atomic mass is 9.99. The number of carbonyl (C=O) groups excluding carboxylic acids is 1. The minimum Gasteiger partial charge on any atom is -0.481 e. The van der Waals surface area contributed by atoms with Crippen molar-refractivity contribution in [2.24, 2.45) is 18.9 Å². The summed E-state index contributed by atoms with van der Waals surface area (Å²) < 4.78 is 1.55. The summed E-state index contributed by atoms with van der Waals surface area (Å²) in [5.74, 6) is -1.76. The minimum atomic E-state index is -0.869. The number of nitrogens with zero attached hydrogens (tertiary/aromatic N) is 3. The highest BCUT2D eigenvalue weighted by molar-refractivity contribution is 6.34. The average Bonchev–Trinajstić information content (AvgIpc) is 2.85. The van der Waals surface area contributed by atoms with E-state index in [1.807, 2.05) is 6.92 Å². The second-order valence-corrected chi connectivity index (χ2v) is 5.38. The molecule has 0 bridgehead atoms. The van der Waals surface area contributed by atoms with Gasteiger partial charge in [0.25, 0.3) is 5.91 Å². The SMILES string of the molecule is Cc1c(Cl)c(C(=O)N2C[C@@H](C)[C@H](C(=O)O)C2)nn1C. The Morgan fingerprint density at radius 3 is 2.47 bits per heavy atom. The van der Waals surface area contributed by atoms with Gasteiger partial charge in [-0.05, 0) is 12.8 Å². The number of aliphatic carboxylic acids is 1. The Morgan fingerprint density at radius 2 is 2.05 bits per heavy atom. The maximum absolute atomic E-state index is 12.3. The highest BCUT2D eigenvalue weighted by Crippen LogP contribution is 2.27. The second kappa shape index (κ2) is 4.85. The molecule has 0 saturated carbocycles. The standard InChI is InChI=1S/C12H16ClN3O3/c1-6-4-16(5-8(6)12(18)19)11(17)10-9(13)7(2)15(3)14-10/h6,8H,4-5H2,1-3H3,(H,18,19)/t6-,8-/m1/s1. The number of aromatic nitrogens is 2. The van der Waals surface area contributed by atoms with Crippen LogP contribution >= 0.6 is 11.6 Å². The second-order valence-electron chi connectivity index (χ2n) is 5.00. The van der Waals surface area contributed by atoms with Gasteiger partial charge >= 0.3 is 5.97 Å². The molecule has 2 heterocycles. The number of likely N-dealkylation sites (tertiary alicyclic amines) is 1. The van der Waals surface area contributed by atoms with Crippen molar-refractivity contribution in [3.8, 4) is 0 Å². The summed E-state index contributed by atoms with van der Waals surface area (Å²) in [6, 6.07) is 0. The Bertz CT molecular complexity index is 541. The van der Waals surface area contributed by atoms with E-state index in [0.717, 1.165) is 0 Å². The number of hydrogen-bond donors (Lipinski definition) is 1. The molecule has 104 valence electrons. The first-order valence-electron chi connectivity index (χ1n) is 6.04. The smallest absolute Gasteiger partial charge is 0.308 e. The van der Waals surface area contributed by atoms with E-state index in [2.05, 4.69) is 5.10 Å². The van der Waals surface area contributed by atoms with Gasteiger partial charge in [0.15, 0.2) is 5.69 Å². The Kier molecular flexibility index (Phi) is 3.54. The first-order valence-corrected chi connectivity index (χ1v) is 6.42. The van der Waals surface area contributed by atoms with Crippen molar-refractivity contribution < 1.29 is 14.7 Å². The molecule has 6 nitrogen and oxygen atoms in total. The van der Waals surface area contributed by atoms with Crippen molar-refractivity contribution >= 4 is 23.5 Å². The van der Waals surface area contributed by atoms with Crippen LogP contribution in [0.2, 0.25) is 5.02 Å². The first kappa shape index (κ1) is 13.9. The summed E-state index contributed by atoms with van der Waals surface area (Å²) in [6.45, 7) is 4.24. The largest absolute Gasteiger partial charge is 0.481 e. The molecule has 7 heteroatoms. The molecule has 1 aromatic rings. The van der Waals surface area contributed by atoms with Crippen molar-refractivity contribution in [1.82, 2.24) is 14.7 Å². The number of halogens is 1. The highest BCUT2D eigenvalue weighted by Gasteiger charge is 2.38. The zero-order valence-corrected chi connectivity index (χ0v) is 11.8. The van der Waals surface area contributed by atoms with Gasteiger partial charge in [-0.3, -0.25) is 14.3 Å². The molecule has 0 unspecified atom stereocenters. The van der Waals surface area contributed by atoms with Gasteiger partial charge in [-0.2, -0.15) is 5.10 Å². The van der Waals surface area contributed by atoms with Crippen molar-refractivity contribution in [1.29, 1.82) is 0 Å². The lowest BCUT2D eigenvalue weighted by Gasteiger charge is -2.14. The van der Waals surface area contributed by atoms with Crippen molar-refractivity contribution in [2.75, 3.05) is 13.1 Å². The van der Waals surface area contributed by atoms with E-state index in [1.165, 1.54) is 4.90 Å². The third-order valence-electron chi connectivity index (χ3n) is 3.68. The van der Waals surface area contributed by atoms with Crippen LogP contribution in [0.1, 0.15) is 23.1 Å². The van der Waals surface area contributed by atoms with Gasteiger partial charge in [0.1, 0.15) is 0 Å². The summed E-state index contributed by atoms with van der Waals surface area (Å²) >= 11 is 6.08. The molecular formula is C12H16ClN3O3. The minimum absolute atomic E-state index is 0.0648. The zero-order valence-electron chi connectivity index (χ0n) is 11.1. The number of rotatable bonds is 2. The van der Waals surface area contributed by atoms with Crippen LogP contribution in [0.25, 0.3) is 0 Å². The van der Waals surface area contributed by atoms with E-state index in [4.69, 9.17) is 16.7 Å². The Balaban J connectivity index is 2.22. The molecule has 2 rings (SSSR count). The highest BCUT2D eigenvalue weighted by atomic mass is 35.5. The molecule has 1 aliphatic rings. The van der Waals surface area contributed by atoms with Gasteiger partial charge in [0, 0.05) is 20.1 Å². The van der Waals surface area contributed by atoms with E-state index in [9.17, 15) is 9.59 Å². The van der Waals surface area contributed by atoms with Crippen LogP contribution in [0.15, 0.2) is 0 Å². The number of hydrogen-bond acceptors (Lipinski definition) is 3. The lowest BCUT2D eigenvalue weighted by Crippen LogP contribution is -2.30. The molecular weight excluding hydrogens is 270 g/mol. The van der Waals surface area contributed by atoms with E-state index in [-0.39, 0.29) is 24.1 Å². The molecule has 2 atom stereocenters. The van der Waals surface area contributed by atoms with Crippen LogP contribution in [0, 0.1) is 18.8 Å². The Morgan fingerprint density at radius 1 is 1.42 bits per heavy atom. The fraction of sp³-hybridized carbons (Fsp3) is 0.583.